The minimum Gasteiger partial charge on any atom is -0.474 e. The summed E-state index contributed by atoms with van der Waals surface area (Å²) in [5.41, 5.74) is 0.233. The summed E-state index contributed by atoms with van der Waals surface area (Å²) in [5.74, 6) is -0.0796. The number of hydrogen-bond acceptors (Lipinski definition) is 4. The molecule has 0 aromatic carbocycles. The van der Waals surface area contributed by atoms with E-state index in [0.717, 1.165) is 0 Å². The van der Waals surface area contributed by atoms with Gasteiger partial charge in [-0.15, -0.1) is 0 Å². The van der Waals surface area contributed by atoms with Crippen molar-refractivity contribution in [2.24, 2.45) is 0 Å². The first-order valence-electron chi connectivity index (χ1n) is 4.46. The molecule has 0 aliphatic heterocycles. The molecule has 15 heavy (non-hydrogen) atoms. The first-order chi connectivity index (χ1) is 7.04. The summed E-state index contributed by atoms with van der Waals surface area (Å²) >= 11 is 3.29. The molecule has 0 N–H and O–H groups in total. The molecule has 0 radical (unpaired) electrons. The molecule has 5 heteroatoms. The van der Waals surface area contributed by atoms with E-state index in [1.165, 1.54) is 7.11 Å². The number of carbonyl (C=O) groups excluding carboxylic acids is 1. The van der Waals surface area contributed by atoms with Crippen molar-refractivity contribution in [2.45, 2.75) is 20.0 Å². The van der Waals surface area contributed by atoms with Crippen molar-refractivity contribution in [1.82, 2.24) is 4.98 Å². The third-order valence-corrected chi connectivity index (χ3v) is 2.16. The number of esters is 1. The highest BCUT2D eigenvalue weighted by atomic mass is 79.9. The lowest BCUT2D eigenvalue weighted by Gasteiger charge is -2.10. The number of hydrogen-bond donors (Lipinski definition) is 0. The van der Waals surface area contributed by atoms with Crippen LogP contribution in [0.1, 0.15) is 24.3 Å². The van der Waals surface area contributed by atoms with Crippen LogP contribution in [0.3, 0.4) is 0 Å². The van der Waals surface area contributed by atoms with Crippen molar-refractivity contribution >= 4 is 21.9 Å². The number of ether oxygens (including phenoxy) is 2. The fraction of sp³-hybridized carbons (Fsp3) is 0.400. The van der Waals surface area contributed by atoms with E-state index in [2.05, 4.69) is 25.7 Å². The average Bonchev–Trinajstić information content (AvgIpc) is 2.19. The van der Waals surface area contributed by atoms with Gasteiger partial charge in [0.15, 0.2) is 5.69 Å². The van der Waals surface area contributed by atoms with Gasteiger partial charge in [-0.3, -0.25) is 0 Å². The lowest BCUT2D eigenvalue weighted by Crippen LogP contribution is -2.10. The van der Waals surface area contributed by atoms with Crippen molar-refractivity contribution in [2.75, 3.05) is 7.11 Å². The van der Waals surface area contributed by atoms with Gasteiger partial charge in [0, 0.05) is 0 Å². The van der Waals surface area contributed by atoms with Crippen LogP contribution in [0.5, 0.6) is 5.88 Å². The molecule has 1 aromatic rings. The Labute approximate surface area is 96.7 Å². The lowest BCUT2D eigenvalue weighted by molar-refractivity contribution is 0.0592. The van der Waals surface area contributed by atoms with E-state index in [4.69, 9.17) is 4.74 Å². The smallest absolute Gasteiger partial charge is 0.356 e. The summed E-state index contributed by atoms with van der Waals surface area (Å²) in [6, 6.07) is 3.28. The van der Waals surface area contributed by atoms with E-state index < -0.39 is 5.97 Å². The summed E-state index contributed by atoms with van der Waals surface area (Å²) in [4.78, 5) is 15.2. The predicted molar refractivity (Wildman–Crippen MR) is 59.0 cm³/mol. The maximum atomic E-state index is 11.2. The van der Waals surface area contributed by atoms with E-state index in [-0.39, 0.29) is 11.8 Å². The molecule has 0 aliphatic carbocycles. The molecular weight excluding hydrogens is 262 g/mol. The van der Waals surface area contributed by atoms with Crippen molar-refractivity contribution in [3.63, 3.8) is 0 Å². The fourth-order valence-corrected chi connectivity index (χ4v) is 1.26. The minimum absolute atomic E-state index is 0.00157. The highest BCUT2D eigenvalue weighted by Crippen LogP contribution is 2.23. The van der Waals surface area contributed by atoms with Gasteiger partial charge in [0.1, 0.15) is 0 Å². The van der Waals surface area contributed by atoms with Gasteiger partial charge in [0.25, 0.3) is 0 Å². The van der Waals surface area contributed by atoms with Gasteiger partial charge in [-0.2, -0.15) is 0 Å². The Kier molecular flexibility index (Phi) is 4.08. The average molecular weight is 274 g/mol. The highest BCUT2D eigenvalue weighted by molar-refractivity contribution is 9.10. The van der Waals surface area contributed by atoms with Crippen LogP contribution in [0.2, 0.25) is 0 Å². The van der Waals surface area contributed by atoms with E-state index in [0.29, 0.717) is 10.4 Å². The zero-order valence-corrected chi connectivity index (χ0v) is 10.4. The maximum Gasteiger partial charge on any atom is 0.356 e. The molecule has 4 nitrogen and oxygen atoms in total. The second-order valence-corrected chi connectivity index (χ2v) is 4.00. The fourth-order valence-electron chi connectivity index (χ4n) is 0.948. The number of methoxy groups -OCH3 is 1. The predicted octanol–water partition coefficient (Wildman–Crippen LogP) is 2.42. The Bertz CT molecular complexity index is 366. The summed E-state index contributed by atoms with van der Waals surface area (Å²) < 4.78 is 10.7. The Morgan fingerprint density at radius 2 is 2.13 bits per heavy atom. The van der Waals surface area contributed by atoms with Gasteiger partial charge in [0.05, 0.1) is 17.7 Å². The molecule has 0 atom stereocenters. The van der Waals surface area contributed by atoms with Crippen molar-refractivity contribution in [1.29, 1.82) is 0 Å². The Balaban J connectivity index is 2.99. The van der Waals surface area contributed by atoms with Gasteiger partial charge in [-0.1, -0.05) is 0 Å². The van der Waals surface area contributed by atoms with Crippen LogP contribution in [0.4, 0.5) is 0 Å². The largest absolute Gasteiger partial charge is 0.474 e. The standard InChI is InChI=1S/C10H12BrNO3/c1-6(2)15-9-7(11)4-5-8(12-9)10(13)14-3/h4-6H,1-3H3. The van der Waals surface area contributed by atoms with E-state index in [1.54, 1.807) is 12.1 Å². The summed E-state index contributed by atoms with van der Waals surface area (Å²) in [5, 5.41) is 0. The molecule has 0 aliphatic rings. The Hall–Kier alpha value is -1.10. The van der Waals surface area contributed by atoms with Gasteiger partial charge in [-0.05, 0) is 41.9 Å². The number of carbonyl (C=O) groups is 1. The summed E-state index contributed by atoms with van der Waals surface area (Å²) in [7, 11) is 1.31. The first-order valence-corrected chi connectivity index (χ1v) is 5.25. The number of pyridine rings is 1. The third kappa shape index (κ3) is 3.20. The molecule has 0 unspecified atom stereocenters. The molecule has 82 valence electrons. The monoisotopic (exact) mass is 273 g/mol. The van der Waals surface area contributed by atoms with Crippen molar-refractivity contribution < 1.29 is 14.3 Å². The van der Waals surface area contributed by atoms with E-state index in [9.17, 15) is 4.79 Å². The van der Waals surface area contributed by atoms with Gasteiger partial charge >= 0.3 is 5.97 Å². The van der Waals surface area contributed by atoms with Crippen molar-refractivity contribution in [3.05, 3.63) is 22.3 Å². The molecular formula is C10H12BrNO3. The van der Waals surface area contributed by atoms with Crippen LogP contribution in [0.25, 0.3) is 0 Å². The lowest BCUT2D eigenvalue weighted by atomic mass is 10.3. The van der Waals surface area contributed by atoms with Gasteiger partial charge in [-0.25, -0.2) is 9.78 Å². The van der Waals surface area contributed by atoms with Gasteiger partial charge in [0.2, 0.25) is 5.88 Å². The van der Waals surface area contributed by atoms with Crippen molar-refractivity contribution in [3.8, 4) is 5.88 Å². The molecule has 0 bridgehead atoms. The number of halogens is 1. The zero-order valence-electron chi connectivity index (χ0n) is 8.78. The van der Waals surface area contributed by atoms with Crippen LogP contribution in [-0.2, 0) is 4.74 Å². The molecule has 0 fully saturated rings. The highest BCUT2D eigenvalue weighted by Gasteiger charge is 2.12. The zero-order chi connectivity index (χ0) is 11.4. The normalized spacial score (nSPS) is 10.2. The molecule has 0 amide bonds. The van der Waals surface area contributed by atoms with Gasteiger partial charge < -0.3 is 9.47 Å². The number of rotatable bonds is 3. The van der Waals surface area contributed by atoms with Crippen LogP contribution in [-0.4, -0.2) is 24.2 Å². The molecule has 0 saturated carbocycles. The molecule has 0 saturated heterocycles. The first kappa shape index (κ1) is 12.0. The molecule has 1 rings (SSSR count). The molecule has 1 aromatic heterocycles. The SMILES string of the molecule is COC(=O)c1ccc(Br)c(OC(C)C)n1. The minimum atomic E-state index is -0.476. The number of aromatic nitrogens is 1. The Morgan fingerprint density at radius 3 is 2.67 bits per heavy atom. The topological polar surface area (TPSA) is 48.4 Å². The van der Waals surface area contributed by atoms with Crippen LogP contribution >= 0.6 is 15.9 Å². The quantitative estimate of drug-likeness (QED) is 0.794. The maximum absolute atomic E-state index is 11.2. The third-order valence-electron chi connectivity index (χ3n) is 1.56. The second kappa shape index (κ2) is 5.11. The molecule has 0 spiro atoms. The van der Waals surface area contributed by atoms with E-state index in [1.807, 2.05) is 13.8 Å². The van der Waals surface area contributed by atoms with Crippen LogP contribution in [0, 0.1) is 0 Å². The van der Waals surface area contributed by atoms with Crippen LogP contribution < -0.4 is 4.74 Å². The van der Waals surface area contributed by atoms with Crippen LogP contribution in [0.15, 0.2) is 16.6 Å². The summed E-state index contributed by atoms with van der Waals surface area (Å²) in [6.45, 7) is 3.78. The number of nitrogens with zero attached hydrogens (tertiary/aromatic N) is 1. The summed E-state index contributed by atoms with van der Waals surface area (Å²) in [6.07, 6.45) is 0.00157. The Morgan fingerprint density at radius 1 is 1.47 bits per heavy atom. The van der Waals surface area contributed by atoms with E-state index >= 15 is 0 Å². The second-order valence-electron chi connectivity index (χ2n) is 3.14. The molecule has 1 heterocycles.